The zero-order valence-electron chi connectivity index (χ0n) is 16.5. The fourth-order valence-electron chi connectivity index (χ4n) is 2.91. The molecule has 3 rings (SSSR count). The number of amides is 2. The minimum Gasteiger partial charge on any atom is -0.346 e. The van der Waals surface area contributed by atoms with E-state index in [0.29, 0.717) is 17.7 Å². The third-order valence-corrected chi connectivity index (χ3v) is 4.95. The van der Waals surface area contributed by atoms with E-state index in [2.05, 4.69) is 31.5 Å². The maximum atomic E-state index is 12.8. The number of hydrogen-bond donors (Lipinski definition) is 3. The summed E-state index contributed by atoms with van der Waals surface area (Å²) in [5.74, 6) is -1.23. The molecule has 3 aromatic rings. The molecular weight excluding hydrogens is 460 g/mol. The van der Waals surface area contributed by atoms with Gasteiger partial charge in [0.05, 0.1) is 18.3 Å². The van der Waals surface area contributed by atoms with Crippen molar-refractivity contribution in [2.24, 2.45) is 5.73 Å². The van der Waals surface area contributed by atoms with Crippen LogP contribution in [0.25, 0.3) is 0 Å². The Hall–Kier alpha value is -3.36. The number of hydrogen-bond acceptors (Lipinski definition) is 5. The summed E-state index contributed by atoms with van der Waals surface area (Å²) in [5.41, 5.74) is 7.74. The largest absolute Gasteiger partial charge is 0.346 e. The lowest BCUT2D eigenvalue weighted by molar-refractivity contribution is -0.125. The summed E-state index contributed by atoms with van der Waals surface area (Å²) in [4.78, 5) is 41.5. The van der Waals surface area contributed by atoms with Crippen molar-refractivity contribution < 1.29 is 14.4 Å². The first-order valence-corrected chi connectivity index (χ1v) is 10.4. The van der Waals surface area contributed by atoms with Gasteiger partial charge in [-0.3, -0.25) is 19.4 Å². The Balaban J connectivity index is 1.59. The molecule has 1 aromatic heterocycles. The Kier molecular flexibility index (Phi) is 7.64. The molecule has 0 unspecified atom stereocenters. The number of nitrogens with zero attached hydrogens (tertiary/aromatic N) is 1. The van der Waals surface area contributed by atoms with Gasteiger partial charge in [-0.15, -0.1) is 0 Å². The Labute approximate surface area is 188 Å². The normalized spacial score (nSPS) is 11.4. The molecule has 0 fully saturated rings. The highest BCUT2D eigenvalue weighted by Crippen LogP contribution is 2.20. The number of halogens is 1. The van der Waals surface area contributed by atoms with E-state index < -0.39 is 17.9 Å². The summed E-state index contributed by atoms with van der Waals surface area (Å²) in [7, 11) is 0. The molecule has 0 spiro atoms. The number of para-hydroxylation sites is 1. The van der Waals surface area contributed by atoms with Crippen molar-refractivity contribution in [1.29, 1.82) is 0 Å². The molecule has 4 N–H and O–H groups in total. The zero-order valence-corrected chi connectivity index (χ0v) is 18.1. The van der Waals surface area contributed by atoms with E-state index in [1.807, 2.05) is 30.3 Å². The van der Waals surface area contributed by atoms with E-state index >= 15 is 0 Å². The molecule has 1 heterocycles. The lowest BCUT2D eigenvalue weighted by Crippen LogP contribution is -2.44. The summed E-state index contributed by atoms with van der Waals surface area (Å²) in [5, 5.41) is 5.20. The lowest BCUT2D eigenvalue weighted by atomic mass is 10.1. The number of rotatable bonds is 8. The van der Waals surface area contributed by atoms with Gasteiger partial charge in [0.1, 0.15) is 5.69 Å². The third kappa shape index (κ3) is 6.31. The summed E-state index contributed by atoms with van der Waals surface area (Å²) in [6.45, 7) is -0.265. The van der Waals surface area contributed by atoms with Crippen LogP contribution in [0.1, 0.15) is 21.6 Å². The molecule has 0 aliphatic carbocycles. The minimum atomic E-state index is -0.772. The van der Waals surface area contributed by atoms with Gasteiger partial charge in [-0.25, -0.2) is 0 Å². The SMILES string of the molecule is N[C@@H](Cc1ccccc1)C(=O)NCC(=O)Nc1ccccc1C(=O)c1cc(Br)ccn1. The minimum absolute atomic E-state index is 0.247. The molecule has 8 heteroatoms. The first kappa shape index (κ1) is 22.3. The highest BCUT2D eigenvalue weighted by Gasteiger charge is 2.18. The van der Waals surface area contributed by atoms with Crippen molar-refractivity contribution in [2.75, 3.05) is 11.9 Å². The number of carbonyl (C=O) groups excluding carboxylic acids is 3. The third-order valence-electron chi connectivity index (χ3n) is 4.46. The summed E-state index contributed by atoms with van der Waals surface area (Å²) in [6.07, 6.45) is 1.89. The molecule has 0 radical (unpaired) electrons. The van der Waals surface area contributed by atoms with Crippen LogP contribution in [0.15, 0.2) is 77.4 Å². The first-order valence-electron chi connectivity index (χ1n) is 9.56. The van der Waals surface area contributed by atoms with E-state index in [9.17, 15) is 14.4 Å². The van der Waals surface area contributed by atoms with Gasteiger partial charge >= 0.3 is 0 Å². The summed E-state index contributed by atoms with van der Waals surface area (Å²) < 4.78 is 0.724. The smallest absolute Gasteiger partial charge is 0.243 e. The first-order chi connectivity index (χ1) is 14.9. The average Bonchev–Trinajstić information content (AvgIpc) is 2.78. The number of pyridine rings is 1. The maximum Gasteiger partial charge on any atom is 0.243 e. The van der Waals surface area contributed by atoms with Gasteiger partial charge in [-0.1, -0.05) is 58.4 Å². The van der Waals surface area contributed by atoms with Crippen molar-refractivity contribution in [3.05, 3.63) is 94.2 Å². The average molecular weight is 481 g/mol. The van der Waals surface area contributed by atoms with Crippen LogP contribution in [-0.2, 0) is 16.0 Å². The van der Waals surface area contributed by atoms with Gasteiger partial charge in [-0.05, 0) is 36.2 Å². The van der Waals surface area contributed by atoms with Crippen molar-refractivity contribution >= 4 is 39.2 Å². The number of nitrogens with one attached hydrogen (secondary N) is 2. The molecule has 31 heavy (non-hydrogen) atoms. The molecule has 0 aliphatic rings. The van der Waals surface area contributed by atoms with Crippen LogP contribution in [0.5, 0.6) is 0 Å². The Morgan fingerprint density at radius 1 is 1.00 bits per heavy atom. The van der Waals surface area contributed by atoms with Crippen LogP contribution in [-0.4, -0.2) is 35.2 Å². The second-order valence-electron chi connectivity index (χ2n) is 6.80. The molecule has 1 atom stereocenters. The summed E-state index contributed by atoms with van der Waals surface area (Å²) >= 11 is 3.32. The van der Waals surface area contributed by atoms with E-state index in [1.165, 1.54) is 6.20 Å². The number of ketones is 1. The molecule has 0 saturated heterocycles. The van der Waals surface area contributed by atoms with Crippen LogP contribution in [0.4, 0.5) is 5.69 Å². The van der Waals surface area contributed by atoms with Crippen molar-refractivity contribution in [1.82, 2.24) is 10.3 Å². The van der Waals surface area contributed by atoms with Gasteiger partial charge in [0.2, 0.25) is 17.6 Å². The van der Waals surface area contributed by atoms with Gasteiger partial charge in [0.25, 0.3) is 0 Å². The van der Waals surface area contributed by atoms with Gasteiger partial charge in [0, 0.05) is 16.2 Å². The number of anilines is 1. The van der Waals surface area contributed by atoms with Crippen LogP contribution >= 0.6 is 15.9 Å². The fourth-order valence-corrected chi connectivity index (χ4v) is 3.25. The Morgan fingerprint density at radius 3 is 2.45 bits per heavy atom. The van der Waals surface area contributed by atoms with Crippen LogP contribution in [0.3, 0.4) is 0 Å². The van der Waals surface area contributed by atoms with E-state index in [4.69, 9.17) is 5.73 Å². The number of carbonyl (C=O) groups is 3. The maximum absolute atomic E-state index is 12.8. The van der Waals surface area contributed by atoms with E-state index in [0.717, 1.165) is 10.0 Å². The van der Waals surface area contributed by atoms with Crippen molar-refractivity contribution in [3.8, 4) is 0 Å². The van der Waals surface area contributed by atoms with E-state index in [1.54, 1.807) is 36.4 Å². The van der Waals surface area contributed by atoms with Gasteiger partial charge in [-0.2, -0.15) is 0 Å². The molecule has 0 bridgehead atoms. The second-order valence-corrected chi connectivity index (χ2v) is 7.71. The Morgan fingerprint density at radius 2 is 1.71 bits per heavy atom. The predicted octanol–water partition coefficient (Wildman–Crippen LogP) is 2.70. The topological polar surface area (TPSA) is 114 Å². The number of benzene rings is 2. The standard InChI is InChI=1S/C23H21BrN4O3/c24-16-10-11-26-20(13-16)22(30)17-8-4-5-9-19(17)28-21(29)14-27-23(31)18(25)12-15-6-2-1-3-7-15/h1-11,13,18H,12,14,25H2,(H,27,31)(H,28,29)/t18-/m0/s1. The lowest BCUT2D eigenvalue weighted by Gasteiger charge is -2.13. The van der Waals surface area contributed by atoms with Crippen LogP contribution < -0.4 is 16.4 Å². The summed E-state index contributed by atoms with van der Waals surface area (Å²) in [6, 6.07) is 18.6. The Bertz CT molecular complexity index is 1090. The second kappa shape index (κ2) is 10.6. The molecule has 0 saturated carbocycles. The molecule has 0 aliphatic heterocycles. The zero-order chi connectivity index (χ0) is 22.2. The van der Waals surface area contributed by atoms with Crippen molar-refractivity contribution in [2.45, 2.75) is 12.5 Å². The van der Waals surface area contributed by atoms with Crippen LogP contribution in [0.2, 0.25) is 0 Å². The van der Waals surface area contributed by atoms with Gasteiger partial charge in [0.15, 0.2) is 0 Å². The molecule has 158 valence electrons. The van der Waals surface area contributed by atoms with Crippen LogP contribution in [0, 0.1) is 0 Å². The molecule has 7 nitrogen and oxygen atoms in total. The van der Waals surface area contributed by atoms with Gasteiger partial charge < -0.3 is 16.4 Å². The fraction of sp³-hybridized carbons (Fsp3) is 0.130. The molecule has 2 amide bonds. The highest BCUT2D eigenvalue weighted by atomic mass is 79.9. The quantitative estimate of drug-likeness (QED) is 0.428. The number of nitrogens with two attached hydrogens (primary N) is 1. The van der Waals surface area contributed by atoms with E-state index in [-0.39, 0.29) is 18.0 Å². The highest BCUT2D eigenvalue weighted by molar-refractivity contribution is 9.10. The van der Waals surface area contributed by atoms with Crippen molar-refractivity contribution in [3.63, 3.8) is 0 Å². The monoisotopic (exact) mass is 480 g/mol. The molecule has 2 aromatic carbocycles. The number of aromatic nitrogens is 1. The predicted molar refractivity (Wildman–Crippen MR) is 122 cm³/mol. The molecular formula is C23H21BrN4O3.